The van der Waals surface area contributed by atoms with Crippen molar-refractivity contribution in [1.29, 1.82) is 0 Å². The molecule has 9 nitrogen and oxygen atoms in total. The van der Waals surface area contributed by atoms with Crippen LogP contribution in [0.4, 0.5) is 0 Å². The number of nitrogens with two attached hydrogens (primary N) is 1. The number of hydrogen-bond donors (Lipinski definition) is 1. The largest absolute Gasteiger partial charge is 0.496 e. The minimum Gasteiger partial charge on any atom is -0.496 e. The summed E-state index contributed by atoms with van der Waals surface area (Å²) in [4.78, 5) is 38.5. The predicted octanol–water partition coefficient (Wildman–Crippen LogP) is 3.50. The highest BCUT2D eigenvalue weighted by atomic mass is 16.6. The first-order valence-electron chi connectivity index (χ1n) is 11.9. The minimum absolute atomic E-state index is 0.240. The number of benzene rings is 3. The molecule has 1 aliphatic heterocycles. The molecule has 0 bridgehead atoms. The van der Waals surface area contributed by atoms with Crippen LogP contribution in [-0.4, -0.2) is 41.9 Å². The number of carbonyl (C=O) groups excluding carboxylic acids is 2. The van der Waals surface area contributed by atoms with E-state index in [1.54, 1.807) is 19.9 Å². The molecule has 2 N–H and O–H groups in total. The van der Waals surface area contributed by atoms with Crippen molar-refractivity contribution < 1.29 is 28.5 Å². The maximum atomic E-state index is 14.0. The van der Waals surface area contributed by atoms with E-state index in [-0.39, 0.29) is 12.0 Å². The molecule has 2 atom stereocenters. The van der Waals surface area contributed by atoms with Crippen molar-refractivity contribution >= 4 is 44.5 Å². The van der Waals surface area contributed by atoms with Crippen molar-refractivity contribution in [2.75, 3.05) is 13.7 Å². The first kappa shape index (κ1) is 24.6. The molecule has 0 saturated carbocycles. The monoisotopic (exact) mass is 504 g/mol. The summed E-state index contributed by atoms with van der Waals surface area (Å²) in [5.74, 6) is -0.580. The minimum atomic E-state index is -1.09. The van der Waals surface area contributed by atoms with E-state index in [1.165, 1.54) is 14.0 Å². The molecule has 9 heteroatoms. The summed E-state index contributed by atoms with van der Waals surface area (Å²) in [6.07, 6.45) is -2.09. The maximum absolute atomic E-state index is 14.0. The second-order valence-electron chi connectivity index (χ2n) is 9.67. The van der Waals surface area contributed by atoms with E-state index in [2.05, 4.69) is 0 Å². The van der Waals surface area contributed by atoms with Gasteiger partial charge in [-0.1, -0.05) is 24.3 Å². The van der Waals surface area contributed by atoms with Crippen molar-refractivity contribution in [2.24, 2.45) is 12.8 Å². The maximum Gasteiger partial charge on any atom is 0.320 e. The lowest BCUT2D eigenvalue weighted by Gasteiger charge is -2.43. The van der Waals surface area contributed by atoms with Gasteiger partial charge in [0.05, 0.1) is 35.6 Å². The van der Waals surface area contributed by atoms with Crippen molar-refractivity contribution in [3.63, 3.8) is 0 Å². The predicted molar refractivity (Wildman–Crippen MR) is 139 cm³/mol. The van der Waals surface area contributed by atoms with E-state index in [0.29, 0.717) is 38.9 Å². The second-order valence-corrected chi connectivity index (χ2v) is 9.67. The number of nitrogens with zero attached hydrogens (tertiary/aromatic N) is 1. The number of ether oxygens (including phenoxy) is 4. The number of methoxy groups -OCH3 is 1. The fourth-order valence-electron chi connectivity index (χ4n) is 5.22. The normalized spacial score (nSPS) is 18.3. The standard InChI is InChI=1S/C28H28N2O7/c1-14(31)35-26-23-20(37-28(2,3)27(26)36-21(32)13-29)12-19(34-5)22-24(23)30(4)18-11-16-9-7-6-8-15(16)10-17(18)25(22)33/h6-12,26-27H,13,29H2,1-5H3/t26-,27-/m1/s1. The molecular formula is C28H28N2O7. The molecule has 0 unspecified atom stereocenters. The van der Waals surface area contributed by atoms with Gasteiger partial charge < -0.3 is 29.2 Å². The van der Waals surface area contributed by atoms with Gasteiger partial charge in [0.25, 0.3) is 0 Å². The van der Waals surface area contributed by atoms with Gasteiger partial charge in [0, 0.05) is 25.4 Å². The molecule has 3 aromatic carbocycles. The fraction of sp³-hybridized carbons (Fsp3) is 0.321. The van der Waals surface area contributed by atoms with Gasteiger partial charge in [-0.15, -0.1) is 0 Å². The molecule has 5 rings (SSSR count). The Hall–Kier alpha value is -4.11. The van der Waals surface area contributed by atoms with Gasteiger partial charge in [0.1, 0.15) is 17.1 Å². The van der Waals surface area contributed by atoms with Gasteiger partial charge in [-0.25, -0.2) is 0 Å². The van der Waals surface area contributed by atoms with Crippen LogP contribution in [0.25, 0.3) is 32.6 Å². The van der Waals surface area contributed by atoms with Crippen LogP contribution in [0.15, 0.2) is 47.3 Å². The van der Waals surface area contributed by atoms with Crippen molar-refractivity contribution in [3.8, 4) is 11.5 Å². The lowest BCUT2D eigenvalue weighted by molar-refractivity contribution is -0.188. The molecule has 0 amide bonds. The van der Waals surface area contributed by atoms with Gasteiger partial charge >= 0.3 is 11.9 Å². The zero-order chi connectivity index (χ0) is 26.6. The average molecular weight is 505 g/mol. The van der Waals surface area contributed by atoms with E-state index in [9.17, 15) is 14.4 Å². The number of aromatic nitrogens is 1. The molecule has 0 spiro atoms. The van der Waals surface area contributed by atoms with Gasteiger partial charge in [-0.2, -0.15) is 0 Å². The van der Waals surface area contributed by atoms with Crippen LogP contribution in [0, 0.1) is 0 Å². The molecule has 192 valence electrons. The highest BCUT2D eigenvalue weighted by Gasteiger charge is 2.50. The number of hydrogen-bond acceptors (Lipinski definition) is 8. The Labute approximate surface area is 212 Å². The highest BCUT2D eigenvalue weighted by Crippen LogP contribution is 2.49. The number of pyridine rings is 1. The number of fused-ring (bicyclic) bond motifs is 5. The Balaban J connectivity index is 1.93. The van der Waals surface area contributed by atoms with E-state index < -0.39 is 29.7 Å². The van der Waals surface area contributed by atoms with E-state index in [4.69, 9.17) is 24.7 Å². The number of rotatable bonds is 4. The fourth-order valence-corrected chi connectivity index (χ4v) is 5.22. The second kappa shape index (κ2) is 8.77. The van der Waals surface area contributed by atoms with Crippen LogP contribution in [0.1, 0.15) is 32.4 Å². The van der Waals surface area contributed by atoms with Crippen LogP contribution in [-0.2, 0) is 26.1 Å². The van der Waals surface area contributed by atoms with Crippen molar-refractivity contribution in [1.82, 2.24) is 4.57 Å². The summed E-state index contributed by atoms with van der Waals surface area (Å²) in [6.45, 7) is 4.37. The third-order valence-electron chi connectivity index (χ3n) is 6.85. The number of aryl methyl sites for hydroxylation is 1. The van der Waals surface area contributed by atoms with Crippen molar-refractivity contribution in [3.05, 3.63) is 58.3 Å². The highest BCUT2D eigenvalue weighted by molar-refractivity contribution is 6.04. The first-order chi connectivity index (χ1) is 17.6. The van der Waals surface area contributed by atoms with Crippen LogP contribution in [0.3, 0.4) is 0 Å². The van der Waals surface area contributed by atoms with Crippen LogP contribution < -0.4 is 20.6 Å². The zero-order valence-corrected chi connectivity index (χ0v) is 21.3. The number of carbonyl (C=O) groups is 2. The summed E-state index contributed by atoms with van der Waals surface area (Å²) < 4.78 is 25.3. The summed E-state index contributed by atoms with van der Waals surface area (Å²) >= 11 is 0. The summed E-state index contributed by atoms with van der Waals surface area (Å²) in [5, 5.41) is 2.71. The van der Waals surface area contributed by atoms with E-state index in [0.717, 1.165) is 10.8 Å². The Kier molecular flexibility index (Phi) is 5.83. The van der Waals surface area contributed by atoms with Crippen LogP contribution >= 0.6 is 0 Å². The van der Waals surface area contributed by atoms with Crippen LogP contribution in [0.2, 0.25) is 0 Å². The van der Waals surface area contributed by atoms with E-state index >= 15 is 0 Å². The van der Waals surface area contributed by atoms with Gasteiger partial charge in [0.2, 0.25) is 5.43 Å². The van der Waals surface area contributed by atoms with Gasteiger partial charge in [-0.3, -0.25) is 14.4 Å². The third-order valence-corrected chi connectivity index (χ3v) is 6.85. The third kappa shape index (κ3) is 3.86. The summed E-state index contributed by atoms with van der Waals surface area (Å²) in [5.41, 5.74) is 5.72. The van der Waals surface area contributed by atoms with Crippen molar-refractivity contribution in [2.45, 2.75) is 38.6 Å². The molecule has 1 aliphatic rings. The first-order valence-corrected chi connectivity index (χ1v) is 11.9. The lowest BCUT2D eigenvalue weighted by atomic mass is 9.86. The molecule has 0 saturated heterocycles. The molecule has 1 aromatic heterocycles. The van der Waals surface area contributed by atoms with Gasteiger partial charge in [0.15, 0.2) is 12.2 Å². The molecule has 2 heterocycles. The Morgan fingerprint density at radius 1 is 1.11 bits per heavy atom. The molecule has 0 radical (unpaired) electrons. The Bertz CT molecular complexity index is 1650. The molecule has 4 aromatic rings. The van der Waals surface area contributed by atoms with Gasteiger partial charge in [-0.05, 0) is 36.8 Å². The number of esters is 2. The quantitative estimate of drug-likeness (QED) is 0.331. The molecule has 0 aliphatic carbocycles. The topological polar surface area (TPSA) is 119 Å². The Morgan fingerprint density at radius 2 is 1.78 bits per heavy atom. The smallest absolute Gasteiger partial charge is 0.320 e. The zero-order valence-electron chi connectivity index (χ0n) is 21.3. The molecular weight excluding hydrogens is 476 g/mol. The lowest BCUT2D eigenvalue weighted by Crippen LogP contribution is -2.52. The summed E-state index contributed by atoms with van der Waals surface area (Å²) in [6, 6.07) is 13.2. The van der Waals surface area contributed by atoms with E-state index in [1.807, 2.05) is 48.0 Å². The molecule has 0 fully saturated rings. The average Bonchev–Trinajstić information content (AvgIpc) is 2.86. The summed E-state index contributed by atoms with van der Waals surface area (Å²) in [7, 11) is 3.30. The SMILES string of the molecule is COc1cc2c(c3c1c(=O)c1cc4ccccc4cc1n3C)[C@@H](OC(C)=O)[C@@H](OC(=O)CN)C(C)(C)O2. The Morgan fingerprint density at radius 3 is 2.41 bits per heavy atom. The van der Waals surface area contributed by atoms with Crippen LogP contribution in [0.5, 0.6) is 11.5 Å². The molecule has 37 heavy (non-hydrogen) atoms.